The molecule has 1 aliphatic heterocycles. The number of hydrogen-bond acceptors (Lipinski definition) is 5. The summed E-state index contributed by atoms with van der Waals surface area (Å²) in [6.45, 7) is 2.27. The number of rotatable bonds is 4. The van der Waals surface area contributed by atoms with Crippen LogP contribution in [-0.2, 0) is 24.1 Å². The van der Waals surface area contributed by atoms with Gasteiger partial charge in [-0.05, 0) is 29.7 Å². The Bertz CT molecular complexity index is 602. The number of ether oxygens (including phenoxy) is 1. The van der Waals surface area contributed by atoms with Crippen LogP contribution in [0, 0.1) is 5.82 Å². The highest BCUT2D eigenvalue weighted by Gasteiger charge is 2.19. The molecule has 1 aliphatic rings. The fourth-order valence-electron chi connectivity index (χ4n) is 2.35. The highest BCUT2D eigenvalue weighted by Crippen LogP contribution is 2.26. The van der Waals surface area contributed by atoms with E-state index < -0.39 is 0 Å². The molecule has 20 heavy (non-hydrogen) atoms. The molecule has 0 saturated heterocycles. The van der Waals surface area contributed by atoms with E-state index in [2.05, 4.69) is 14.3 Å². The number of nitrogens with zero attached hydrogens (tertiary/aromatic N) is 3. The van der Waals surface area contributed by atoms with E-state index in [9.17, 15) is 4.39 Å². The van der Waals surface area contributed by atoms with Gasteiger partial charge in [-0.2, -0.15) is 4.37 Å². The quantitative estimate of drug-likeness (QED) is 0.868. The van der Waals surface area contributed by atoms with Crippen LogP contribution < -0.4 is 4.90 Å². The lowest BCUT2D eigenvalue weighted by atomic mass is 10.0. The fraction of sp³-hybridized carbons (Fsp3) is 0.429. The van der Waals surface area contributed by atoms with Crippen molar-refractivity contribution < 1.29 is 9.13 Å². The average molecular weight is 293 g/mol. The van der Waals surface area contributed by atoms with Crippen molar-refractivity contribution in [1.82, 2.24) is 9.36 Å². The molecule has 4 nitrogen and oxygen atoms in total. The molecule has 0 saturated carbocycles. The minimum atomic E-state index is -0.157. The van der Waals surface area contributed by atoms with E-state index in [0.29, 0.717) is 6.61 Å². The molecule has 0 spiro atoms. The van der Waals surface area contributed by atoms with Gasteiger partial charge in [-0.25, -0.2) is 9.37 Å². The summed E-state index contributed by atoms with van der Waals surface area (Å²) in [5.41, 5.74) is 2.27. The highest BCUT2D eigenvalue weighted by molar-refractivity contribution is 7.09. The van der Waals surface area contributed by atoms with Crippen LogP contribution in [-0.4, -0.2) is 29.6 Å². The van der Waals surface area contributed by atoms with Crippen LogP contribution >= 0.6 is 11.5 Å². The molecule has 1 aromatic carbocycles. The maximum atomic E-state index is 13.2. The Morgan fingerprint density at radius 3 is 3.15 bits per heavy atom. The van der Waals surface area contributed by atoms with Gasteiger partial charge in [0.2, 0.25) is 5.13 Å². The average Bonchev–Trinajstić information content (AvgIpc) is 2.93. The molecule has 0 amide bonds. The number of methoxy groups -OCH3 is 1. The molecule has 6 heteroatoms. The summed E-state index contributed by atoms with van der Waals surface area (Å²) in [6, 6.07) is 5.02. The van der Waals surface area contributed by atoms with Crippen molar-refractivity contribution in [2.24, 2.45) is 0 Å². The van der Waals surface area contributed by atoms with Crippen molar-refractivity contribution >= 4 is 16.7 Å². The lowest BCUT2D eigenvalue weighted by molar-refractivity contribution is 0.201. The first-order valence-corrected chi connectivity index (χ1v) is 7.37. The fourth-order valence-corrected chi connectivity index (χ4v) is 3.09. The second-order valence-electron chi connectivity index (χ2n) is 4.82. The molecule has 0 N–H and O–H groups in total. The number of fused-ring (bicyclic) bond motifs is 1. The SMILES string of the molecule is COCCc1nsc(N2CCc3cc(F)ccc3C2)n1. The van der Waals surface area contributed by atoms with E-state index in [4.69, 9.17) is 4.74 Å². The summed E-state index contributed by atoms with van der Waals surface area (Å²) in [7, 11) is 1.67. The third kappa shape index (κ3) is 2.81. The van der Waals surface area contributed by atoms with Gasteiger partial charge in [-0.15, -0.1) is 0 Å². The number of benzene rings is 1. The predicted octanol–water partition coefficient (Wildman–Crippen LogP) is 2.43. The lowest BCUT2D eigenvalue weighted by Gasteiger charge is -2.28. The Labute approximate surface area is 121 Å². The zero-order valence-corrected chi connectivity index (χ0v) is 12.1. The molecular weight excluding hydrogens is 277 g/mol. The summed E-state index contributed by atoms with van der Waals surface area (Å²) in [5, 5.41) is 0.936. The molecule has 0 radical (unpaired) electrons. The third-order valence-electron chi connectivity index (χ3n) is 3.44. The van der Waals surface area contributed by atoms with Crippen LogP contribution in [0.1, 0.15) is 17.0 Å². The summed E-state index contributed by atoms with van der Waals surface area (Å²) in [6.07, 6.45) is 1.59. The van der Waals surface area contributed by atoms with Gasteiger partial charge in [0, 0.05) is 38.2 Å². The zero-order valence-electron chi connectivity index (χ0n) is 11.3. The van der Waals surface area contributed by atoms with Crippen LogP contribution in [0.15, 0.2) is 18.2 Å². The van der Waals surface area contributed by atoms with Crippen molar-refractivity contribution in [2.45, 2.75) is 19.4 Å². The predicted molar refractivity (Wildman–Crippen MR) is 76.6 cm³/mol. The second kappa shape index (κ2) is 5.85. The van der Waals surface area contributed by atoms with E-state index in [1.807, 2.05) is 6.07 Å². The zero-order chi connectivity index (χ0) is 13.9. The smallest absolute Gasteiger partial charge is 0.205 e. The van der Waals surface area contributed by atoms with Crippen LogP contribution in [0.2, 0.25) is 0 Å². The van der Waals surface area contributed by atoms with Crippen LogP contribution in [0.4, 0.5) is 9.52 Å². The van der Waals surface area contributed by atoms with E-state index in [0.717, 1.165) is 42.5 Å². The van der Waals surface area contributed by atoms with E-state index in [-0.39, 0.29) is 5.82 Å². The van der Waals surface area contributed by atoms with Gasteiger partial charge >= 0.3 is 0 Å². The molecule has 2 heterocycles. The van der Waals surface area contributed by atoms with Gasteiger partial charge in [0.25, 0.3) is 0 Å². The minimum absolute atomic E-state index is 0.157. The Hall–Kier alpha value is -1.53. The summed E-state index contributed by atoms with van der Waals surface area (Å²) in [4.78, 5) is 6.74. The Balaban J connectivity index is 1.73. The van der Waals surface area contributed by atoms with Gasteiger partial charge in [-0.3, -0.25) is 0 Å². The van der Waals surface area contributed by atoms with E-state index in [1.54, 1.807) is 13.2 Å². The first-order valence-electron chi connectivity index (χ1n) is 6.60. The maximum Gasteiger partial charge on any atom is 0.205 e. The first kappa shape index (κ1) is 13.5. The van der Waals surface area contributed by atoms with Crippen LogP contribution in [0.3, 0.4) is 0 Å². The van der Waals surface area contributed by atoms with Crippen molar-refractivity contribution in [3.05, 3.63) is 41.0 Å². The summed E-state index contributed by atoms with van der Waals surface area (Å²) in [5.74, 6) is 0.673. The van der Waals surface area contributed by atoms with Gasteiger partial charge in [-0.1, -0.05) is 6.07 Å². The molecule has 0 atom stereocenters. The van der Waals surface area contributed by atoms with Crippen molar-refractivity contribution in [1.29, 1.82) is 0 Å². The number of hydrogen-bond donors (Lipinski definition) is 0. The number of aromatic nitrogens is 2. The Morgan fingerprint density at radius 2 is 2.30 bits per heavy atom. The summed E-state index contributed by atoms with van der Waals surface area (Å²) >= 11 is 1.42. The van der Waals surface area contributed by atoms with Crippen LogP contribution in [0.5, 0.6) is 0 Å². The van der Waals surface area contributed by atoms with Gasteiger partial charge < -0.3 is 9.64 Å². The highest BCUT2D eigenvalue weighted by atomic mass is 32.1. The molecule has 3 rings (SSSR count). The van der Waals surface area contributed by atoms with Crippen LogP contribution in [0.25, 0.3) is 0 Å². The standard InChI is InChI=1S/C14H16FN3OS/c1-19-7-5-13-16-14(20-17-13)18-6-4-10-8-12(15)3-2-11(10)9-18/h2-3,8H,4-7,9H2,1H3. The minimum Gasteiger partial charge on any atom is -0.384 e. The van der Waals surface area contributed by atoms with Crippen molar-refractivity contribution in [3.8, 4) is 0 Å². The van der Waals surface area contributed by atoms with E-state index >= 15 is 0 Å². The molecular formula is C14H16FN3OS. The Morgan fingerprint density at radius 1 is 1.40 bits per heavy atom. The van der Waals surface area contributed by atoms with Crippen molar-refractivity contribution in [3.63, 3.8) is 0 Å². The van der Waals surface area contributed by atoms with Crippen molar-refractivity contribution in [2.75, 3.05) is 25.2 Å². The normalized spacial score (nSPS) is 14.4. The maximum absolute atomic E-state index is 13.2. The molecule has 0 unspecified atom stereocenters. The molecule has 0 bridgehead atoms. The van der Waals surface area contributed by atoms with E-state index in [1.165, 1.54) is 23.2 Å². The lowest BCUT2D eigenvalue weighted by Crippen LogP contribution is -2.30. The second-order valence-corrected chi connectivity index (χ2v) is 5.55. The molecule has 0 aliphatic carbocycles. The molecule has 1 aromatic heterocycles. The van der Waals surface area contributed by atoms with Gasteiger partial charge in [0.1, 0.15) is 11.6 Å². The molecule has 0 fully saturated rings. The third-order valence-corrected chi connectivity index (χ3v) is 4.25. The number of halogens is 1. The number of anilines is 1. The largest absolute Gasteiger partial charge is 0.384 e. The molecule has 2 aromatic rings. The molecule has 106 valence electrons. The Kier molecular flexibility index (Phi) is 3.93. The first-order chi connectivity index (χ1) is 9.76. The van der Waals surface area contributed by atoms with Gasteiger partial charge in [0.05, 0.1) is 6.61 Å². The summed E-state index contributed by atoms with van der Waals surface area (Å²) < 4.78 is 22.6. The topological polar surface area (TPSA) is 38.2 Å². The monoisotopic (exact) mass is 293 g/mol. The van der Waals surface area contributed by atoms with Gasteiger partial charge in [0.15, 0.2) is 0 Å².